The molecule has 8 heavy (non-hydrogen) atoms. The second kappa shape index (κ2) is 3.88. The Balaban J connectivity index is 3.89. The van der Waals surface area contributed by atoms with E-state index in [1.165, 1.54) is 0 Å². The fourth-order valence-corrected chi connectivity index (χ4v) is 0.614. The van der Waals surface area contributed by atoms with Gasteiger partial charge in [-0.1, -0.05) is 6.08 Å². The maximum atomic E-state index is 5.26. The summed E-state index contributed by atoms with van der Waals surface area (Å²) in [4.78, 5) is 3.94. The van der Waals surface area contributed by atoms with E-state index in [1.807, 2.05) is 42.5 Å². The van der Waals surface area contributed by atoms with E-state index in [4.69, 9.17) is 5.73 Å². The minimum Gasteiger partial charge on any atom is -0.379 e. The Kier molecular flexibility index (Phi) is 3.85. The summed E-state index contributed by atoms with van der Waals surface area (Å²) in [5.41, 5.74) is 6.22. The van der Waals surface area contributed by atoms with Crippen molar-refractivity contribution in [2.24, 2.45) is 10.7 Å². The van der Waals surface area contributed by atoms with Crippen LogP contribution in [0.1, 0.15) is 13.8 Å². The van der Waals surface area contributed by atoms with Gasteiger partial charge in [-0.3, -0.25) is 0 Å². The third kappa shape index (κ3) is 4.11. The third-order valence-corrected chi connectivity index (χ3v) is 0.942. The van der Waals surface area contributed by atoms with Crippen molar-refractivity contribution in [2.75, 3.05) is 0 Å². The average molecular weight is 224 g/mol. The molecule has 0 saturated heterocycles. The highest BCUT2D eigenvalue weighted by molar-refractivity contribution is 14.1. The predicted molar refractivity (Wildman–Crippen MR) is 45.1 cm³/mol. The maximum absolute atomic E-state index is 5.26. The van der Waals surface area contributed by atoms with E-state index < -0.39 is 0 Å². The number of rotatable bonds is 1. The molecule has 0 amide bonds. The summed E-state index contributed by atoms with van der Waals surface area (Å²) >= 11 is 1.97. The lowest BCUT2D eigenvalue weighted by Gasteiger charge is -1.87. The molecule has 0 atom stereocenters. The van der Waals surface area contributed by atoms with Gasteiger partial charge in [-0.05, 0) is 36.4 Å². The quantitative estimate of drug-likeness (QED) is 0.313. The topological polar surface area (TPSA) is 38.4 Å². The molecule has 0 fully saturated rings. The molecule has 2 nitrogen and oxygen atoms in total. The zero-order valence-corrected chi connectivity index (χ0v) is 7.14. The highest BCUT2D eigenvalue weighted by Crippen LogP contribution is 1.94. The average Bonchev–Trinajstić information content (AvgIpc) is 1.65. The molecule has 0 saturated carbocycles. The van der Waals surface area contributed by atoms with Gasteiger partial charge in [0, 0.05) is 5.70 Å². The standard InChI is InChI=1S/C5H9IN2/c1-3-4(2)8-5(6)7/h3H,1-2H3,(H2,7,8)/b4-3-. The van der Waals surface area contributed by atoms with Crippen molar-refractivity contribution in [3.8, 4) is 0 Å². The molecule has 2 N–H and O–H groups in total. The molecular formula is C5H9IN2. The Morgan fingerprint density at radius 1 is 1.75 bits per heavy atom. The van der Waals surface area contributed by atoms with E-state index >= 15 is 0 Å². The number of aliphatic imine (C=N–C) groups is 1. The van der Waals surface area contributed by atoms with Crippen molar-refractivity contribution >= 4 is 26.4 Å². The zero-order chi connectivity index (χ0) is 6.57. The van der Waals surface area contributed by atoms with Gasteiger partial charge in [0.1, 0.15) is 0 Å². The van der Waals surface area contributed by atoms with Crippen molar-refractivity contribution in [2.45, 2.75) is 13.8 Å². The van der Waals surface area contributed by atoms with Gasteiger partial charge < -0.3 is 5.73 Å². The summed E-state index contributed by atoms with van der Waals surface area (Å²) in [5, 5.41) is 0. The first-order chi connectivity index (χ1) is 3.66. The van der Waals surface area contributed by atoms with E-state index in [0.29, 0.717) is 3.84 Å². The minimum absolute atomic E-state index is 0.582. The van der Waals surface area contributed by atoms with Gasteiger partial charge in [0.2, 0.25) is 0 Å². The normalized spacial score (nSPS) is 14.4. The second-order valence-corrected chi connectivity index (χ2v) is 2.47. The van der Waals surface area contributed by atoms with Crippen LogP contribution in [0.15, 0.2) is 16.8 Å². The number of hydrogen-bond donors (Lipinski definition) is 1. The fraction of sp³-hybridized carbons (Fsp3) is 0.400. The Bertz CT molecular complexity index is 122. The molecule has 0 rings (SSSR count). The summed E-state index contributed by atoms with van der Waals surface area (Å²) in [6.07, 6.45) is 1.91. The first-order valence-electron chi connectivity index (χ1n) is 2.29. The van der Waals surface area contributed by atoms with Gasteiger partial charge in [-0.25, -0.2) is 4.99 Å². The van der Waals surface area contributed by atoms with Gasteiger partial charge >= 0.3 is 0 Å². The maximum Gasteiger partial charge on any atom is 0.162 e. The third-order valence-electron chi connectivity index (χ3n) is 0.701. The Morgan fingerprint density at radius 2 is 2.25 bits per heavy atom. The van der Waals surface area contributed by atoms with Crippen LogP contribution in [0.4, 0.5) is 0 Å². The van der Waals surface area contributed by atoms with Crippen molar-refractivity contribution in [3.05, 3.63) is 11.8 Å². The molecule has 46 valence electrons. The van der Waals surface area contributed by atoms with Gasteiger partial charge in [0.15, 0.2) is 3.84 Å². The molecule has 0 radical (unpaired) electrons. The SMILES string of the molecule is C/C=C(C)\N=C(/N)I. The molecule has 0 spiro atoms. The Hall–Kier alpha value is -0.0600. The van der Waals surface area contributed by atoms with Crippen LogP contribution in [0.2, 0.25) is 0 Å². The van der Waals surface area contributed by atoms with Crippen LogP contribution < -0.4 is 5.73 Å². The summed E-state index contributed by atoms with van der Waals surface area (Å²) < 4.78 is 0.582. The molecule has 0 aliphatic heterocycles. The lowest BCUT2D eigenvalue weighted by Crippen LogP contribution is -1.99. The monoisotopic (exact) mass is 224 g/mol. The van der Waals surface area contributed by atoms with E-state index in [1.54, 1.807) is 0 Å². The fourth-order valence-electron chi connectivity index (χ4n) is 0.233. The van der Waals surface area contributed by atoms with Gasteiger partial charge in [-0.15, -0.1) is 0 Å². The molecule has 3 heteroatoms. The molecule has 0 aromatic rings. The number of amidine groups is 1. The van der Waals surface area contributed by atoms with Crippen LogP contribution in [0.5, 0.6) is 0 Å². The first kappa shape index (κ1) is 7.94. The molecule has 0 bridgehead atoms. The highest BCUT2D eigenvalue weighted by atomic mass is 127. The molecule has 0 aromatic carbocycles. The second-order valence-electron chi connectivity index (χ2n) is 1.36. The molecule has 0 aliphatic carbocycles. The van der Waals surface area contributed by atoms with Crippen molar-refractivity contribution in [3.63, 3.8) is 0 Å². The Labute approximate surface area is 63.0 Å². The number of nitrogens with two attached hydrogens (primary N) is 1. The minimum atomic E-state index is 0.582. The number of allylic oxidation sites excluding steroid dienone is 2. The summed E-state index contributed by atoms with van der Waals surface area (Å²) in [7, 11) is 0. The van der Waals surface area contributed by atoms with Gasteiger partial charge in [0.05, 0.1) is 0 Å². The molecule has 0 unspecified atom stereocenters. The van der Waals surface area contributed by atoms with Crippen LogP contribution in [-0.2, 0) is 0 Å². The predicted octanol–water partition coefficient (Wildman–Crippen LogP) is 1.66. The molecule has 0 aromatic heterocycles. The van der Waals surface area contributed by atoms with Crippen LogP contribution in [-0.4, -0.2) is 3.84 Å². The van der Waals surface area contributed by atoms with Crippen LogP contribution >= 0.6 is 22.6 Å². The summed E-state index contributed by atoms with van der Waals surface area (Å²) in [6, 6.07) is 0. The highest BCUT2D eigenvalue weighted by Gasteiger charge is 1.80. The molecular weight excluding hydrogens is 215 g/mol. The van der Waals surface area contributed by atoms with E-state index in [0.717, 1.165) is 5.70 Å². The van der Waals surface area contributed by atoms with E-state index in [9.17, 15) is 0 Å². The van der Waals surface area contributed by atoms with Gasteiger partial charge in [0.25, 0.3) is 0 Å². The largest absolute Gasteiger partial charge is 0.379 e. The van der Waals surface area contributed by atoms with Crippen molar-refractivity contribution in [1.29, 1.82) is 0 Å². The first-order valence-corrected chi connectivity index (χ1v) is 3.37. The lowest BCUT2D eigenvalue weighted by molar-refractivity contribution is 1.29. The number of nitrogens with zero attached hydrogens (tertiary/aromatic N) is 1. The smallest absolute Gasteiger partial charge is 0.162 e. The molecule has 0 heterocycles. The van der Waals surface area contributed by atoms with E-state index in [-0.39, 0.29) is 0 Å². The summed E-state index contributed by atoms with van der Waals surface area (Å²) in [5.74, 6) is 0. The summed E-state index contributed by atoms with van der Waals surface area (Å²) in [6.45, 7) is 3.84. The molecule has 0 aliphatic rings. The van der Waals surface area contributed by atoms with Crippen molar-refractivity contribution < 1.29 is 0 Å². The van der Waals surface area contributed by atoms with E-state index in [2.05, 4.69) is 4.99 Å². The van der Waals surface area contributed by atoms with Gasteiger partial charge in [-0.2, -0.15) is 0 Å². The lowest BCUT2D eigenvalue weighted by atomic mass is 10.5. The van der Waals surface area contributed by atoms with Crippen LogP contribution in [0.3, 0.4) is 0 Å². The van der Waals surface area contributed by atoms with Crippen molar-refractivity contribution in [1.82, 2.24) is 0 Å². The Morgan fingerprint density at radius 3 is 2.38 bits per heavy atom. The zero-order valence-electron chi connectivity index (χ0n) is 4.98. The van der Waals surface area contributed by atoms with Crippen LogP contribution in [0.25, 0.3) is 0 Å². The number of halogens is 1. The van der Waals surface area contributed by atoms with Crippen LogP contribution in [0, 0.1) is 0 Å². The number of hydrogen-bond acceptors (Lipinski definition) is 1.